The zero-order valence-corrected chi connectivity index (χ0v) is 11.3. The van der Waals surface area contributed by atoms with Gasteiger partial charge < -0.3 is 16.0 Å². The van der Waals surface area contributed by atoms with Gasteiger partial charge in [-0.2, -0.15) is 0 Å². The number of hydrogen-bond acceptors (Lipinski definition) is 5. The molecule has 1 aliphatic heterocycles. The van der Waals surface area contributed by atoms with Crippen LogP contribution in [-0.2, 0) is 9.59 Å². The molecule has 1 heterocycles. The minimum atomic E-state index is -0.890. The molecule has 0 saturated carbocycles. The number of hydrogen-bond donors (Lipinski definition) is 3. The fourth-order valence-electron chi connectivity index (χ4n) is 1.79. The summed E-state index contributed by atoms with van der Waals surface area (Å²) in [7, 11) is 1.66. The van der Waals surface area contributed by atoms with Gasteiger partial charge in [-0.15, -0.1) is 0 Å². The molecule has 1 aliphatic rings. The number of rotatable bonds is 4. The highest BCUT2D eigenvalue weighted by atomic mass is 16.2. The highest BCUT2D eigenvalue weighted by molar-refractivity contribution is 5.96. The Morgan fingerprint density at radius 1 is 1.37 bits per heavy atom. The molecule has 0 bridgehead atoms. The summed E-state index contributed by atoms with van der Waals surface area (Å²) >= 11 is 0. The van der Waals surface area contributed by atoms with E-state index in [2.05, 4.69) is 5.32 Å². The summed E-state index contributed by atoms with van der Waals surface area (Å²) in [5.74, 6) is -0.536. The molecule has 1 atom stereocenters. The van der Waals surface area contributed by atoms with Crippen LogP contribution in [0.25, 0.3) is 0 Å². The Bertz CT molecular complexity index is 354. The van der Waals surface area contributed by atoms with Gasteiger partial charge in [-0.3, -0.25) is 19.8 Å². The van der Waals surface area contributed by atoms with E-state index in [0.717, 1.165) is 13.1 Å². The Morgan fingerprint density at radius 2 is 1.95 bits per heavy atom. The highest BCUT2D eigenvalue weighted by Crippen LogP contribution is 2.00. The third-order valence-electron chi connectivity index (χ3n) is 3.14. The van der Waals surface area contributed by atoms with Crippen molar-refractivity contribution < 1.29 is 14.4 Å². The van der Waals surface area contributed by atoms with E-state index >= 15 is 0 Å². The molecule has 0 aliphatic carbocycles. The summed E-state index contributed by atoms with van der Waals surface area (Å²) in [6.45, 7) is 4.67. The van der Waals surface area contributed by atoms with Crippen molar-refractivity contribution in [3.05, 3.63) is 0 Å². The van der Waals surface area contributed by atoms with Crippen LogP contribution in [0.1, 0.15) is 6.92 Å². The Labute approximate surface area is 112 Å². The molecule has 0 aromatic carbocycles. The van der Waals surface area contributed by atoms with Crippen LogP contribution in [0.4, 0.5) is 4.79 Å². The summed E-state index contributed by atoms with van der Waals surface area (Å²) < 4.78 is 0. The lowest BCUT2D eigenvalue weighted by molar-refractivity contribution is -0.134. The van der Waals surface area contributed by atoms with Crippen molar-refractivity contribution >= 4 is 17.8 Å². The number of likely N-dealkylation sites (N-methyl/N-ethyl adjacent to an activating group) is 1. The van der Waals surface area contributed by atoms with Gasteiger partial charge in [-0.1, -0.05) is 0 Å². The number of amides is 4. The molecule has 1 unspecified atom stereocenters. The van der Waals surface area contributed by atoms with Crippen LogP contribution in [0.2, 0.25) is 0 Å². The monoisotopic (exact) mass is 271 g/mol. The quantitative estimate of drug-likeness (QED) is 0.544. The van der Waals surface area contributed by atoms with Crippen molar-refractivity contribution in [3.63, 3.8) is 0 Å². The first kappa shape index (κ1) is 15.4. The number of nitrogens with zero attached hydrogens (tertiary/aromatic N) is 2. The molecule has 19 heavy (non-hydrogen) atoms. The van der Waals surface area contributed by atoms with Gasteiger partial charge in [-0.05, 0) is 14.0 Å². The van der Waals surface area contributed by atoms with Crippen LogP contribution in [-0.4, -0.2) is 73.5 Å². The summed E-state index contributed by atoms with van der Waals surface area (Å²) in [5.41, 5.74) is 4.88. The number of piperazine rings is 1. The third-order valence-corrected chi connectivity index (χ3v) is 3.14. The van der Waals surface area contributed by atoms with Gasteiger partial charge >= 0.3 is 6.03 Å². The van der Waals surface area contributed by atoms with Gasteiger partial charge in [-0.25, -0.2) is 4.79 Å². The smallest absolute Gasteiger partial charge is 0.318 e. The van der Waals surface area contributed by atoms with E-state index in [1.165, 1.54) is 0 Å². The molecule has 1 fully saturated rings. The molecule has 1 saturated heterocycles. The lowest BCUT2D eigenvalue weighted by Gasteiger charge is -2.30. The first-order valence-electron chi connectivity index (χ1n) is 6.21. The maximum absolute atomic E-state index is 12.0. The largest absolute Gasteiger partial charge is 0.351 e. The number of nitrogens with two attached hydrogens (primary N) is 1. The second kappa shape index (κ2) is 7.05. The number of imide groups is 1. The molecule has 0 radical (unpaired) electrons. The van der Waals surface area contributed by atoms with E-state index in [0.29, 0.717) is 13.1 Å². The van der Waals surface area contributed by atoms with Gasteiger partial charge in [0.15, 0.2) is 0 Å². The van der Waals surface area contributed by atoms with Crippen LogP contribution in [0.5, 0.6) is 0 Å². The van der Waals surface area contributed by atoms with E-state index in [-0.39, 0.29) is 12.5 Å². The van der Waals surface area contributed by atoms with Crippen molar-refractivity contribution in [1.82, 2.24) is 20.4 Å². The highest BCUT2D eigenvalue weighted by Gasteiger charge is 2.23. The summed E-state index contributed by atoms with van der Waals surface area (Å²) in [6, 6.07) is -1.49. The molecule has 1 rings (SSSR count). The zero-order chi connectivity index (χ0) is 14.4. The standard InChI is InChI=1S/C11H21N5O3/c1-8(10(18)14-11(12)19)15(2)7-9(17)16-5-3-13-4-6-16/h8,13H,3-7H2,1-2H3,(H3,12,14,18,19). The van der Waals surface area contributed by atoms with Crippen LogP contribution in [0.15, 0.2) is 0 Å². The minimum absolute atomic E-state index is 0.0253. The van der Waals surface area contributed by atoms with Gasteiger partial charge in [0.2, 0.25) is 11.8 Å². The normalized spacial score (nSPS) is 17.1. The number of nitrogens with one attached hydrogen (secondary N) is 2. The van der Waals surface area contributed by atoms with E-state index in [1.54, 1.807) is 23.8 Å². The molecule has 0 aromatic rings. The zero-order valence-electron chi connectivity index (χ0n) is 11.3. The van der Waals surface area contributed by atoms with E-state index in [1.807, 2.05) is 5.32 Å². The van der Waals surface area contributed by atoms with Gasteiger partial charge in [0, 0.05) is 26.2 Å². The van der Waals surface area contributed by atoms with Crippen LogP contribution in [0.3, 0.4) is 0 Å². The Hall–Kier alpha value is -1.67. The molecule has 8 nitrogen and oxygen atoms in total. The molecular formula is C11H21N5O3. The van der Waals surface area contributed by atoms with Gasteiger partial charge in [0.25, 0.3) is 0 Å². The van der Waals surface area contributed by atoms with Crippen molar-refractivity contribution in [1.29, 1.82) is 0 Å². The van der Waals surface area contributed by atoms with Crippen LogP contribution in [0, 0.1) is 0 Å². The average Bonchev–Trinajstić information content (AvgIpc) is 2.37. The number of primary amides is 1. The molecule has 0 spiro atoms. The topological polar surface area (TPSA) is 108 Å². The first-order chi connectivity index (χ1) is 8.91. The lowest BCUT2D eigenvalue weighted by Crippen LogP contribution is -2.52. The van der Waals surface area contributed by atoms with E-state index in [4.69, 9.17) is 5.73 Å². The summed E-state index contributed by atoms with van der Waals surface area (Å²) in [6.07, 6.45) is 0. The van der Waals surface area contributed by atoms with Crippen molar-refractivity contribution in [3.8, 4) is 0 Å². The van der Waals surface area contributed by atoms with Crippen molar-refractivity contribution in [2.45, 2.75) is 13.0 Å². The maximum Gasteiger partial charge on any atom is 0.318 e. The molecular weight excluding hydrogens is 250 g/mol. The predicted octanol–water partition coefficient (Wildman–Crippen LogP) is -2.07. The van der Waals surface area contributed by atoms with Gasteiger partial charge in [0.1, 0.15) is 0 Å². The summed E-state index contributed by atoms with van der Waals surface area (Å²) in [5, 5.41) is 5.16. The molecule has 0 aromatic heterocycles. The second-order valence-electron chi connectivity index (χ2n) is 4.58. The van der Waals surface area contributed by atoms with E-state index < -0.39 is 18.0 Å². The Morgan fingerprint density at radius 3 is 2.47 bits per heavy atom. The number of urea groups is 1. The number of carbonyl (C=O) groups excluding carboxylic acids is 3. The first-order valence-corrected chi connectivity index (χ1v) is 6.21. The Balaban J connectivity index is 2.44. The Kier molecular flexibility index (Phi) is 5.71. The molecule has 4 N–H and O–H groups in total. The molecule has 8 heteroatoms. The van der Waals surface area contributed by atoms with E-state index in [9.17, 15) is 14.4 Å². The average molecular weight is 271 g/mol. The summed E-state index contributed by atoms with van der Waals surface area (Å²) in [4.78, 5) is 37.5. The second-order valence-corrected chi connectivity index (χ2v) is 4.58. The fourth-order valence-corrected chi connectivity index (χ4v) is 1.79. The third kappa shape index (κ3) is 4.84. The lowest BCUT2D eigenvalue weighted by atomic mass is 10.2. The van der Waals surface area contributed by atoms with Crippen molar-refractivity contribution in [2.75, 3.05) is 39.8 Å². The van der Waals surface area contributed by atoms with Gasteiger partial charge in [0.05, 0.1) is 12.6 Å². The van der Waals surface area contributed by atoms with Crippen LogP contribution >= 0.6 is 0 Å². The molecule has 4 amide bonds. The molecule has 108 valence electrons. The maximum atomic E-state index is 12.0. The van der Waals surface area contributed by atoms with Crippen LogP contribution < -0.4 is 16.4 Å². The SMILES string of the molecule is CC(C(=O)NC(N)=O)N(C)CC(=O)N1CCNCC1. The number of carbonyl (C=O) groups is 3. The predicted molar refractivity (Wildman–Crippen MR) is 69.3 cm³/mol. The fraction of sp³-hybridized carbons (Fsp3) is 0.727. The van der Waals surface area contributed by atoms with Crippen molar-refractivity contribution in [2.24, 2.45) is 5.73 Å². The minimum Gasteiger partial charge on any atom is -0.351 e.